The molecule has 0 atom stereocenters. The van der Waals surface area contributed by atoms with Gasteiger partial charge in [-0.25, -0.2) is 0 Å². The van der Waals surface area contributed by atoms with Gasteiger partial charge in [-0.3, -0.25) is 9.78 Å². The molecule has 2 aromatic heterocycles. The number of carbonyl (C=O) groups is 1. The summed E-state index contributed by atoms with van der Waals surface area (Å²) in [6.07, 6.45) is 2.99. The number of furan rings is 1. The van der Waals surface area contributed by atoms with E-state index in [0.29, 0.717) is 27.6 Å². The Morgan fingerprint density at radius 2 is 2.28 bits per heavy atom. The van der Waals surface area contributed by atoms with Crippen molar-refractivity contribution in [3.63, 3.8) is 0 Å². The number of amides is 1. The molecule has 2 heterocycles. The lowest BCUT2D eigenvalue weighted by Gasteiger charge is -2.16. The monoisotopic (exact) mass is 328 g/mol. The Balaban J connectivity index is 2.12. The summed E-state index contributed by atoms with van der Waals surface area (Å²) in [4.78, 5) is 17.5. The predicted octanol–water partition coefficient (Wildman–Crippen LogP) is 3.36. The topological polar surface area (TPSA) is 46.3 Å². The highest BCUT2D eigenvalue weighted by Crippen LogP contribution is 2.18. The van der Waals surface area contributed by atoms with E-state index in [9.17, 15) is 4.79 Å². The number of hydrogen-bond acceptors (Lipinski definition) is 3. The molecule has 1 amide bonds. The average molecular weight is 330 g/mol. The molecule has 0 saturated carbocycles. The van der Waals surface area contributed by atoms with E-state index >= 15 is 0 Å². The molecule has 0 aliphatic carbocycles. The molecule has 94 valence electrons. The second-order valence-electron chi connectivity index (χ2n) is 3.72. The number of carbonyl (C=O) groups excluding carboxylic acids is 1. The van der Waals surface area contributed by atoms with Crippen LogP contribution in [0.3, 0.4) is 0 Å². The second kappa shape index (κ2) is 5.54. The molecular weight excluding hydrogens is 320 g/mol. The van der Waals surface area contributed by atoms with Crippen molar-refractivity contribution in [1.29, 1.82) is 0 Å². The molecule has 0 radical (unpaired) electrons. The summed E-state index contributed by atoms with van der Waals surface area (Å²) >= 11 is 9.15. The summed E-state index contributed by atoms with van der Waals surface area (Å²) in [5.41, 5.74) is 0.430. The first-order chi connectivity index (χ1) is 8.58. The molecule has 0 aliphatic rings. The van der Waals surface area contributed by atoms with Crippen molar-refractivity contribution in [1.82, 2.24) is 9.88 Å². The highest BCUT2D eigenvalue weighted by Gasteiger charge is 2.16. The first-order valence-electron chi connectivity index (χ1n) is 5.17. The van der Waals surface area contributed by atoms with Gasteiger partial charge in [0.2, 0.25) is 0 Å². The second-order valence-corrected chi connectivity index (χ2v) is 4.91. The van der Waals surface area contributed by atoms with Gasteiger partial charge < -0.3 is 9.32 Å². The molecule has 4 nitrogen and oxygen atoms in total. The Hall–Kier alpha value is -1.33. The smallest absolute Gasteiger partial charge is 0.255 e. The Labute approximate surface area is 118 Å². The number of halogens is 2. The van der Waals surface area contributed by atoms with Crippen molar-refractivity contribution in [3.05, 3.63) is 51.6 Å². The van der Waals surface area contributed by atoms with Crippen LogP contribution in [0, 0.1) is 0 Å². The zero-order valence-electron chi connectivity index (χ0n) is 9.56. The van der Waals surface area contributed by atoms with E-state index in [4.69, 9.17) is 16.0 Å². The lowest BCUT2D eigenvalue weighted by atomic mass is 10.2. The summed E-state index contributed by atoms with van der Waals surface area (Å²) < 4.78 is 5.99. The molecule has 0 unspecified atom stereocenters. The highest BCUT2D eigenvalue weighted by molar-refractivity contribution is 9.10. The third-order valence-electron chi connectivity index (χ3n) is 2.37. The maximum absolute atomic E-state index is 12.1. The molecule has 6 heteroatoms. The number of aromatic nitrogens is 1. The van der Waals surface area contributed by atoms with Crippen LogP contribution in [0.4, 0.5) is 0 Å². The molecule has 0 bridgehead atoms. The zero-order valence-corrected chi connectivity index (χ0v) is 11.9. The molecule has 0 saturated heterocycles. The largest absolute Gasteiger partial charge is 0.452 e. The predicted molar refractivity (Wildman–Crippen MR) is 71.5 cm³/mol. The van der Waals surface area contributed by atoms with Crippen molar-refractivity contribution in [2.24, 2.45) is 0 Å². The van der Waals surface area contributed by atoms with Crippen LogP contribution in [0.25, 0.3) is 0 Å². The summed E-state index contributed by atoms with van der Waals surface area (Å²) in [7, 11) is 1.69. The molecule has 0 aromatic carbocycles. The summed E-state index contributed by atoms with van der Waals surface area (Å²) in [5.74, 6) is 0.526. The van der Waals surface area contributed by atoms with Crippen molar-refractivity contribution >= 4 is 33.4 Å². The SMILES string of the molecule is CN(Cc1ccc(Br)o1)C(=O)c1ccncc1Cl. The number of hydrogen-bond donors (Lipinski definition) is 0. The third kappa shape index (κ3) is 2.91. The van der Waals surface area contributed by atoms with E-state index < -0.39 is 0 Å². The standard InChI is InChI=1S/C12H10BrClN2O2/c1-16(7-8-2-3-11(13)18-8)12(17)9-4-5-15-6-10(9)14/h2-6H,7H2,1H3. The maximum Gasteiger partial charge on any atom is 0.255 e. The van der Waals surface area contributed by atoms with Crippen molar-refractivity contribution in [2.75, 3.05) is 7.05 Å². The number of pyridine rings is 1. The average Bonchev–Trinajstić information content (AvgIpc) is 2.74. The van der Waals surface area contributed by atoms with Crippen LogP contribution >= 0.6 is 27.5 Å². The zero-order chi connectivity index (χ0) is 13.1. The van der Waals surface area contributed by atoms with Crippen LogP contribution in [0.2, 0.25) is 5.02 Å². The number of rotatable bonds is 3. The van der Waals surface area contributed by atoms with E-state index in [1.54, 1.807) is 19.2 Å². The Morgan fingerprint density at radius 1 is 1.50 bits per heavy atom. The van der Waals surface area contributed by atoms with E-state index in [1.807, 2.05) is 6.07 Å². The van der Waals surface area contributed by atoms with Gasteiger partial charge in [0.15, 0.2) is 4.67 Å². The van der Waals surface area contributed by atoms with Gasteiger partial charge >= 0.3 is 0 Å². The van der Waals surface area contributed by atoms with E-state index in [2.05, 4.69) is 20.9 Å². The van der Waals surface area contributed by atoms with Crippen LogP contribution in [-0.2, 0) is 6.54 Å². The van der Waals surface area contributed by atoms with Crippen LogP contribution in [-0.4, -0.2) is 22.8 Å². The summed E-state index contributed by atoms with van der Waals surface area (Å²) in [6.45, 7) is 0.378. The Kier molecular flexibility index (Phi) is 4.04. The van der Waals surface area contributed by atoms with Gasteiger partial charge in [0, 0.05) is 19.4 Å². The quantitative estimate of drug-likeness (QED) is 0.867. The molecule has 18 heavy (non-hydrogen) atoms. The lowest BCUT2D eigenvalue weighted by Crippen LogP contribution is -2.26. The minimum Gasteiger partial charge on any atom is -0.452 e. The van der Waals surface area contributed by atoms with Crippen molar-refractivity contribution < 1.29 is 9.21 Å². The maximum atomic E-state index is 12.1. The fourth-order valence-electron chi connectivity index (χ4n) is 1.50. The van der Waals surface area contributed by atoms with E-state index in [-0.39, 0.29) is 5.91 Å². The van der Waals surface area contributed by atoms with Crippen molar-refractivity contribution in [3.8, 4) is 0 Å². The minimum atomic E-state index is -0.171. The van der Waals surface area contributed by atoms with E-state index in [0.717, 1.165) is 0 Å². The van der Waals surface area contributed by atoms with Crippen LogP contribution in [0.15, 0.2) is 39.7 Å². The molecule has 0 fully saturated rings. The minimum absolute atomic E-state index is 0.171. The van der Waals surface area contributed by atoms with Gasteiger partial charge in [-0.1, -0.05) is 11.6 Å². The first-order valence-corrected chi connectivity index (χ1v) is 6.34. The van der Waals surface area contributed by atoms with Crippen molar-refractivity contribution in [2.45, 2.75) is 6.54 Å². The summed E-state index contributed by atoms with van der Waals surface area (Å²) in [5, 5.41) is 0.343. The third-order valence-corrected chi connectivity index (χ3v) is 3.10. The fourth-order valence-corrected chi connectivity index (χ4v) is 2.04. The van der Waals surface area contributed by atoms with Gasteiger partial charge in [-0.05, 0) is 34.1 Å². The van der Waals surface area contributed by atoms with Gasteiger partial charge in [0.1, 0.15) is 5.76 Å². The first kappa shape index (κ1) is 13.1. The number of nitrogens with zero attached hydrogens (tertiary/aromatic N) is 2. The molecule has 2 rings (SSSR count). The molecular formula is C12H10BrClN2O2. The molecule has 2 aromatic rings. The summed E-state index contributed by atoms with van der Waals surface area (Å²) in [6, 6.07) is 5.19. The van der Waals surface area contributed by atoms with Gasteiger partial charge in [-0.2, -0.15) is 0 Å². The Morgan fingerprint density at radius 3 is 2.89 bits per heavy atom. The normalized spacial score (nSPS) is 10.4. The van der Waals surface area contributed by atoms with Crippen LogP contribution < -0.4 is 0 Å². The molecule has 0 spiro atoms. The highest BCUT2D eigenvalue weighted by atomic mass is 79.9. The lowest BCUT2D eigenvalue weighted by molar-refractivity contribution is 0.0775. The van der Waals surface area contributed by atoms with Gasteiger partial charge in [-0.15, -0.1) is 0 Å². The van der Waals surface area contributed by atoms with Gasteiger partial charge in [0.25, 0.3) is 5.91 Å². The molecule has 0 aliphatic heterocycles. The Bertz CT molecular complexity index is 571. The van der Waals surface area contributed by atoms with Crippen LogP contribution in [0.5, 0.6) is 0 Å². The molecule has 0 N–H and O–H groups in total. The van der Waals surface area contributed by atoms with Crippen LogP contribution in [0.1, 0.15) is 16.1 Å². The van der Waals surface area contributed by atoms with Gasteiger partial charge in [0.05, 0.1) is 17.1 Å². The van der Waals surface area contributed by atoms with E-state index in [1.165, 1.54) is 17.3 Å². The fraction of sp³-hybridized carbons (Fsp3) is 0.167.